The first-order chi connectivity index (χ1) is 13.4. The molecule has 0 aliphatic carbocycles. The van der Waals surface area contributed by atoms with Crippen molar-refractivity contribution in [2.24, 2.45) is 0 Å². The third-order valence-electron chi connectivity index (χ3n) is 4.51. The summed E-state index contributed by atoms with van der Waals surface area (Å²) in [5.41, 5.74) is 2.09. The molecular weight excluding hydrogens is 376 g/mol. The van der Waals surface area contributed by atoms with Crippen LogP contribution in [0.1, 0.15) is 36.4 Å². The van der Waals surface area contributed by atoms with Gasteiger partial charge in [0.25, 0.3) is 0 Å². The van der Waals surface area contributed by atoms with E-state index in [1.165, 1.54) is 11.3 Å². The third-order valence-corrected chi connectivity index (χ3v) is 5.51. The number of amides is 3. The van der Waals surface area contributed by atoms with Crippen LogP contribution in [0.25, 0.3) is 0 Å². The number of ether oxygens (including phenoxy) is 1. The molecule has 0 radical (unpaired) electrons. The average Bonchev–Trinajstić information content (AvgIpc) is 3.06. The predicted octanol–water partition coefficient (Wildman–Crippen LogP) is 3.20. The first-order valence-electron chi connectivity index (χ1n) is 9.41. The van der Waals surface area contributed by atoms with Crippen LogP contribution >= 0.6 is 11.3 Å². The molecule has 28 heavy (non-hydrogen) atoms. The van der Waals surface area contributed by atoms with Crippen molar-refractivity contribution in [1.29, 1.82) is 0 Å². The fourth-order valence-corrected chi connectivity index (χ4v) is 4.08. The molecule has 3 amide bonds. The van der Waals surface area contributed by atoms with Gasteiger partial charge in [0.15, 0.2) is 5.13 Å². The number of hydrogen-bond donors (Lipinski definition) is 2. The molecule has 1 aliphatic rings. The average molecular weight is 403 g/mol. The van der Waals surface area contributed by atoms with Gasteiger partial charge in [-0.25, -0.2) is 9.78 Å². The molecule has 0 fully saturated rings. The van der Waals surface area contributed by atoms with E-state index in [1.807, 2.05) is 43.0 Å². The second-order valence-corrected chi connectivity index (χ2v) is 8.14. The van der Waals surface area contributed by atoms with Gasteiger partial charge in [-0.3, -0.25) is 10.1 Å². The molecule has 7 nitrogen and oxygen atoms in total. The molecule has 1 aliphatic heterocycles. The van der Waals surface area contributed by atoms with Gasteiger partial charge in [0.2, 0.25) is 5.91 Å². The van der Waals surface area contributed by atoms with E-state index in [2.05, 4.69) is 15.6 Å². The van der Waals surface area contributed by atoms with Gasteiger partial charge in [0.1, 0.15) is 5.75 Å². The van der Waals surface area contributed by atoms with Crippen LogP contribution in [0.4, 0.5) is 9.93 Å². The number of methoxy groups -OCH3 is 1. The number of hydrogen-bond acceptors (Lipinski definition) is 5. The van der Waals surface area contributed by atoms with E-state index in [4.69, 9.17) is 4.74 Å². The minimum atomic E-state index is -0.256. The fraction of sp³-hybridized carbons (Fsp3) is 0.450. The summed E-state index contributed by atoms with van der Waals surface area (Å²) in [6, 6.07) is 7.61. The summed E-state index contributed by atoms with van der Waals surface area (Å²) < 4.78 is 5.16. The van der Waals surface area contributed by atoms with Crippen molar-refractivity contribution in [2.45, 2.75) is 45.7 Å². The smallest absolute Gasteiger partial charge is 0.321 e. The van der Waals surface area contributed by atoms with Crippen LogP contribution < -0.4 is 15.4 Å². The summed E-state index contributed by atoms with van der Waals surface area (Å²) in [5, 5.41) is 6.14. The predicted molar refractivity (Wildman–Crippen MR) is 110 cm³/mol. The van der Waals surface area contributed by atoms with Crippen molar-refractivity contribution in [3.05, 3.63) is 40.4 Å². The molecule has 0 spiro atoms. The molecule has 150 valence electrons. The summed E-state index contributed by atoms with van der Waals surface area (Å²) >= 11 is 1.44. The molecule has 2 aromatic rings. The van der Waals surface area contributed by atoms with Crippen LogP contribution in [0.3, 0.4) is 0 Å². The molecule has 0 atom stereocenters. The quantitative estimate of drug-likeness (QED) is 0.777. The van der Waals surface area contributed by atoms with Crippen molar-refractivity contribution in [3.8, 4) is 5.75 Å². The zero-order valence-electron chi connectivity index (χ0n) is 16.4. The van der Waals surface area contributed by atoms with Gasteiger partial charge in [0.05, 0.1) is 19.3 Å². The monoisotopic (exact) mass is 402 g/mol. The first-order valence-corrected chi connectivity index (χ1v) is 10.2. The van der Waals surface area contributed by atoms with E-state index in [1.54, 1.807) is 7.11 Å². The Bertz CT molecular complexity index is 832. The molecule has 0 bridgehead atoms. The number of nitrogens with zero attached hydrogens (tertiary/aromatic N) is 2. The normalized spacial score (nSPS) is 13.2. The topological polar surface area (TPSA) is 83.6 Å². The Labute approximate surface area is 169 Å². The fourth-order valence-electron chi connectivity index (χ4n) is 3.06. The van der Waals surface area contributed by atoms with E-state index in [9.17, 15) is 9.59 Å². The van der Waals surface area contributed by atoms with Gasteiger partial charge in [-0.2, -0.15) is 0 Å². The molecule has 1 aromatic heterocycles. The second-order valence-electron chi connectivity index (χ2n) is 7.06. The Balaban J connectivity index is 1.53. The highest BCUT2D eigenvalue weighted by atomic mass is 32.1. The van der Waals surface area contributed by atoms with Crippen LogP contribution in [-0.2, 0) is 24.2 Å². The number of anilines is 1. The highest BCUT2D eigenvalue weighted by Gasteiger charge is 2.24. The van der Waals surface area contributed by atoms with Crippen molar-refractivity contribution in [3.63, 3.8) is 0 Å². The summed E-state index contributed by atoms with van der Waals surface area (Å²) in [5.74, 6) is 0.956. The Morgan fingerprint density at radius 1 is 1.29 bits per heavy atom. The van der Waals surface area contributed by atoms with Crippen molar-refractivity contribution in [2.75, 3.05) is 19.0 Å². The summed E-state index contributed by atoms with van der Waals surface area (Å²) in [6.45, 7) is 5.03. The number of urea groups is 1. The maximum atomic E-state index is 12.6. The lowest BCUT2D eigenvalue weighted by Gasteiger charge is -2.26. The van der Waals surface area contributed by atoms with Crippen LogP contribution in [0.2, 0.25) is 0 Å². The standard InChI is InChI=1S/C20H26N4O3S/c1-13(2)21-19(26)23-20-22-16-10-11-24(12-17(16)28-20)18(25)9-6-14-4-7-15(27-3)8-5-14/h4-5,7-8,13H,6,9-12H2,1-3H3,(H2,21,22,23,26). The van der Waals surface area contributed by atoms with E-state index in [0.717, 1.165) is 21.9 Å². The highest BCUT2D eigenvalue weighted by molar-refractivity contribution is 7.15. The van der Waals surface area contributed by atoms with E-state index in [-0.39, 0.29) is 18.0 Å². The number of thiazole rings is 1. The van der Waals surface area contributed by atoms with Gasteiger partial charge < -0.3 is 15.0 Å². The molecule has 8 heteroatoms. The molecule has 3 rings (SSSR count). The summed E-state index contributed by atoms with van der Waals surface area (Å²) in [4.78, 5) is 31.9. The minimum Gasteiger partial charge on any atom is -0.497 e. The Hall–Kier alpha value is -2.61. The van der Waals surface area contributed by atoms with Gasteiger partial charge in [0, 0.05) is 30.3 Å². The van der Waals surface area contributed by atoms with Crippen molar-refractivity contribution >= 4 is 28.4 Å². The van der Waals surface area contributed by atoms with Crippen LogP contribution in [0.15, 0.2) is 24.3 Å². The van der Waals surface area contributed by atoms with Crippen molar-refractivity contribution < 1.29 is 14.3 Å². The Morgan fingerprint density at radius 3 is 2.71 bits per heavy atom. The largest absolute Gasteiger partial charge is 0.497 e. The number of carbonyl (C=O) groups is 2. The van der Waals surface area contributed by atoms with E-state index < -0.39 is 0 Å². The number of fused-ring (bicyclic) bond motifs is 1. The molecular formula is C20H26N4O3S. The summed E-state index contributed by atoms with van der Waals surface area (Å²) in [6.07, 6.45) is 1.90. The number of rotatable bonds is 6. The van der Waals surface area contributed by atoms with Crippen molar-refractivity contribution in [1.82, 2.24) is 15.2 Å². The third kappa shape index (κ3) is 5.22. The zero-order valence-corrected chi connectivity index (χ0v) is 17.3. The van der Waals surface area contributed by atoms with Crippen LogP contribution in [0, 0.1) is 0 Å². The molecule has 0 unspecified atom stereocenters. The van der Waals surface area contributed by atoms with Gasteiger partial charge in [-0.15, -0.1) is 0 Å². The highest BCUT2D eigenvalue weighted by Crippen LogP contribution is 2.28. The maximum absolute atomic E-state index is 12.6. The number of nitrogens with one attached hydrogen (secondary N) is 2. The lowest BCUT2D eigenvalue weighted by Crippen LogP contribution is -2.35. The number of aromatic nitrogens is 1. The second kappa shape index (κ2) is 9.05. The molecule has 2 heterocycles. The number of benzene rings is 1. The lowest BCUT2D eigenvalue weighted by molar-refractivity contribution is -0.132. The Morgan fingerprint density at radius 2 is 2.04 bits per heavy atom. The molecule has 0 saturated carbocycles. The molecule has 1 aromatic carbocycles. The number of aryl methyl sites for hydroxylation is 1. The van der Waals surface area contributed by atoms with Gasteiger partial charge in [-0.1, -0.05) is 23.5 Å². The Kier molecular flexibility index (Phi) is 6.51. The van der Waals surface area contributed by atoms with E-state index >= 15 is 0 Å². The SMILES string of the molecule is COc1ccc(CCC(=O)N2CCc3nc(NC(=O)NC(C)C)sc3C2)cc1. The van der Waals surface area contributed by atoms with Gasteiger partial charge in [-0.05, 0) is 38.0 Å². The summed E-state index contributed by atoms with van der Waals surface area (Å²) in [7, 11) is 1.64. The van der Waals surface area contributed by atoms with Gasteiger partial charge >= 0.3 is 6.03 Å². The lowest BCUT2D eigenvalue weighted by atomic mass is 10.1. The zero-order chi connectivity index (χ0) is 20.1. The first kappa shape index (κ1) is 20.1. The molecule has 2 N–H and O–H groups in total. The van der Waals surface area contributed by atoms with Crippen LogP contribution in [0.5, 0.6) is 5.75 Å². The number of carbonyl (C=O) groups excluding carboxylic acids is 2. The minimum absolute atomic E-state index is 0.0633. The van der Waals surface area contributed by atoms with Crippen LogP contribution in [-0.4, -0.2) is 41.5 Å². The van der Waals surface area contributed by atoms with E-state index in [0.29, 0.717) is 37.5 Å². The maximum Gasteiger partial charge on any atom is 0.321 e. The molecule has 0 saturated heterocycles.